The first-order valence-electron chi connectivity index (χ1n) is 4.75. The van der Waals surface area contributed by atoms with Crippen LogP contribution in [0.4, 0.5) is 4.79 Å². The van der Waals surface area contributed by atoms with Crippen LogP contribution >= 0.6 is 0 Å². The first kappa shape index (κ1) is 10.4. The zero-order valence-electron chi connectivity index (χ0n) is 8.67. The molecule has 0 bridgehead atoms. The lowest BCUT2D eigenvalue weighted by atomic mass is 10.2. The van der Waals surface area contributed by atoms with Gasteiger partial charge in [0.15, 0.2) is 5.69 Å². The Kier molecular flexibility index (Phi) is 2.47. The molecule has 0 fully saturated rings. The molecule has 0 saturated carbocycles. The molecule has 16 heavy (non-hydrogen) atoms. The van der Waals surface area contributed by atoms with Crippen LogP contribution in [0.3, 0.4) is 0 Å². The number of carboxylic acid groups (broad SMARTS) is 1. The van der Waals surface area contributed by atoms with Crippen LogP contribution in [0.25, 0.3) is 0 Å². The largest absolute Gasteiger partial charge is 0.476 e. The fourth-order valence-electron chi connectivity index (χ4n) is 1.64. The Labute approximate surface area is 90.8 Å². The highest BCUT2D eigenvalue weighted by atomic mass is 16.4. The molecule has 0 radical (unpaired) electrons. The highest BCUT2D eigenvalue weighted by Gasteiger charge is 2.26. The molecular formula is C8H11N5O3. The summed E-state index contributed by atoms with van der Waals surface area (Å²) in [5, 5.41) is 18.7. The number of carbonyl (C=O) groups is 2. The molecule has 1 aliphatic heterocycles. The van der Waals surface area contributed by atoms with Crippen LogP contribution in [0.15, 0.2) is 0 Å². The number of hydrogen-bond acceptors (Lipinski definition) is 4. The molecular weight excluding hydrogens is 214 g/mol. The van der Waals surface area contributed by atoms with Crippen molar-refractivity contribution in [2.75, 3.05) is 13.6 Å². The third-order valence-corrected chi connectivity index (χ3v) is 2.46. The van der Waals surface area contributed by atoms with Crippen LogP contribution in [-0.4, -0.2) is 50.6 Å². The molecule has 2 heterocycles. The number of urea groups is 1. The van der Waals surface area contributed by atoms with Gasteiger partial charge in [-0.05, 0) is 0 Å². The zero-order chi connectivity index (χ0) is 11.7. The van der Waals surface area contributed by atoms with Gasteiger partial charge in [-0.15, -0.1) is 5.10 Å². The van der Waals surface area contributed by atoms with E-state index in [1.807, 2.05) is 0 Å². The topological polar surface area (TPSA) is 100 Å². The van der Waals surface area contributed by atoms with Crippen molar-refractivity contribution < 1.29 is 14.7 Å². The summed E-state index contributed by atoms with van der Waals surface area (Å²) >= 11 is 0. The minimum absolute atomic E-state index is 0.0893. The summed E-state index contributed by atoms with van der Waals surface area (Å²) in [5.41, 5.74) is 0.371. The predicted molar refractivity (Wildman–Crippen MR) is 51.8 cm³/mol. The van der Waals surface area contributed by atoms with Crippen molar-refractivity contribution in [3.05, 3.63) is 11.4 Å². The van der Waals surface area contributed by atoms with Crippen molar-refractivity contribution in [2.45, 2.75) is 13.1 Å². The van der Waals surface area contributed by atoms with Crippen molar-refractivity contribution in [1.29, 1.82) is 0 Å². The van der Waals surface area contributed by atoms with E-state index in [-0.39, 0.29) is 18.3 Å². The van der Waals surface area contributed by atoms with E-state index < -0.39 is 5.97 Å². The van der Waals surface area contributed by atoms with Crippen LogP contribution in [0.5, 0.6) is 0 Å². The average Bonchev–Trinajstić information content (AvgIpc) is 2.70. The first-order chi connectivity index (χ1) is 7.63. The quantitative estimate of drug-likeness (QED) is 0.647. The first-order valence-corrected chi connectivity index (χ1v) is 4.75. The van der Waals surface area contributed by atoms with Gasteiger partial charge in [-0.1, -0.05) is 5.21 Å². The van der Waals surface area contributed by atoms with Gasteiger partial charge in [-0.25, -0.2) is 14.3 Å². The van der Waals surface area contributed by atoms with E-state index >= 15 is 0 Å². The minimum Gasteiger partial charge on any atom is -0.476 e. The summed E-state index contributed by atoms with van der Waals surface area (Å²) in [5.74, 6) is -1.12. The predicted octanol–water partition coefficient (Wildman–Crippen LogP) is -0.869. The zero-order valence-corrected chi connectivity index (χ0v) is 8.67. The van der Waals surface area contributed by atoms with Crippen molar-refractivity contribution in [1.82, 2.24) is 25.2 Å². The monoisotopic (exact) mass is 225 g/mol. The molecule has 1 aromatic rings. The molecule has 8 heteroatoms. The third-order valence-electron chi connectivity index (χ3n) is 2.46. The lowest BCUT2D eigenvalue weighted by molar-refractivity contribution is 0.0687. The number of carbonyl (C=O) groups excluding carboxylic acids is 1. The lowest BCUT2D eigenvalue weighted by Crippen LogP contribution is -2.43. The van der Waals surface area contributed by atoms with Crippen LogP contribution in [-0.2, 0) is 13.1 Å². The molecule has 0 aromatic carbocycles. The molecule has 2 amide bonds. The van der Waals surface area contributed by atoms with Gasteiger partial charge in [-0.2, -0.15) is 0 Å². The van der Waals surface area contributed by atoms with Crippen molar-refractivity contribution in [3.63, 3.8) is 0 Å². The average molecular weight is 225 g/mol. The molecule has 0 aliphatic carbocycles. The smallest absolute Gasteiger partial charge is 0.358 e. The molecule has 2 rings (SSSR count). The summed E-state index contributed by atoms with van der Waals surface area (Å²) in [4.78, 5) is 23.8. The normalized spacial score (nSPS) is 14.4. The molecule has 86 valence electrons. The Morgan fingerprint density at radius 2 is 2.19 bits per heavy atom. The summed E-state index contributed by atoms with van der Waals surface area (Å²) in [7, 11) is 1.53. The van der Waals surface area contributed by atoms with Gasteiger partial charge in [0.25, 0.3) is 0 Å². The van der Waals surface area contributed by atoms with E-state index in [2.05, 4.69) is 15.6 Å². The van der Waals surface area contributed by atoms with Gasteiger partial charge in [0, 0.05) is 13.6 Å². The molecule has 0 spiro atoms. The Morgan fingerprint density at radius 3 is 2.81 bits per heavy atom. The number of aromatic carboxylic acids is 1. The summed E-state index contributed by atoms with van der Waals surface area (Å²) in [6.45, 7) is 1.17. The molecule has 0 saturated heterocycles. The molecule has 0 atom stereocenters. The fraction of sp³-hybridized carbons (Fsp3) is 0.500. The lowest BCUT2D eigenvalue weighted by Gasteiger charge is -2.26. The number of amides is 2. The van der Waals surface area contributed by atoms with Crippen molar-refractivity contribution in [2.24, 2.45) is 0 Å². The Hall–Kier alpha value is -2.12. The van der Waals surface area contributed by atoms with Crippen molar-refractivity contribution >= 4 is 12.0 Å². The second kappa shape index (κ2) is 3.80. The number of aromatic nitrogens is 3. The Balaban J connectivity index is 2.27. The maximum atomic E-state index is 11.4. The Morgan fingerprint density at radius 1 is 1.44 bits per heavy atom. The van der Waals surface area contributed by atoms with Gasteiger partial charge in [-0.3, -0.25) is 0 Å². The number of nitrogens with zero attached hydrogens (tertiary/aromatic N) is 4. The van der Waals surface area contributed by atoms with Crippen LogP contribution in [0.1, 0.15) is 16.2 Å². The Bertz CT molecular complexity index is 441. The summed E-state index contributed by atoms with van der Waals surface area (Å²) < 4.78 is 1.52. The SMILES string of the molecule is CNC(=O)N1CCn2nnc(C(=O)O)c2C1. The van der Waals surface area contributed by atoms with Gasteiger partial charge in [0.05, 0.1) is 18.8 Å². The number of nitrogens with one attached hydrogen (secondary N) is 1. The second-order valence-corrected chi connectivity index (χ2v) is 3.39. The van der Waals surface area contributed by atoms with Gasteiger partial charge in [0.1, 0.15) is 0 Å². The molecule has 1 aromatic heterocycles. The summed E-state index contributed by atoms with van der Waals surface area (Å²) in [6, 6.07) is -0.233. The van der Waals surface area contributed by atoms with E-state index in [0.717, 1.165) is 0 Å². The van der Waals surface area contributed by atoms with Gasteiger partial charge in [0.2, 0.25) is 0 Å². The van der Waals surface area contributed by atoms with Crippen molar-refractivity contribution in [3.8, 4) is 0 Å². The number of hydrogen-bond donors (Lipinski definition) is 2. The van der Waals surface area contributed by atoms with E-state index in [1.54, 1.807) is 0 Å². The number of rotatable bonds is 1. The van der Waals surface area contributed by atoms with E-state index in [0.29, 0.717) is 18.8 Å². The maximum absolute atomic E-state index is 11.4. The standard InChI is InChI=1S/C8H11N5O3/c1-9-8(16)12-2-3-13-5(4-12)6(7(14)15)10-11-13/h2-4H2,1H3,(H,9,16)(H,14,15). The highest BCUT2D eigenvalue weighted by Crippen LogP contribution is 2.14. The highest BCUT2D eigenvalue weighted by molar-refractivity contribution is 5.86. The molecule has 2 N–H and O–H groups in total. The maximum Gasteiger partial charge on any atom is 0.358 e. The number of fused-ring (bicyclic) bond motifs is 1. The molecule has 8 nitrogen and oxygen atoms in total. The minimum atomic E-state index is -1.12. The van der Waals surface area contributed by atoms with Gasteiger partial charge < -0.3 is 15.3 Å². The van der Waals surface area contributed by atoms with E-state index in [4.69, 9.17) is 5.11 Å². The third kappa shape index (κ3) is 1.58. The molecule has 1 aliphatic rings. The summed E-state index contributed by atoms with van der Waals surface area (Å²) in [6.07, 6.45) is 0. The van der Waals surface area contributed by atoms with Crippen LogP contribution < -0.4 is 5.32 Å². The molecule has 0 unspecified atom stereocenters. The van der Waals surface area contributed by atoms with Gasteiger partial charge >= 0.3 is 12.0 Å². The van der Waals surface area contributed by atoms with Crippen LogP contribution in [0.2, 0.25) is 0 Å². The number of carboxylic acids is 1. The van der Waals surface area contributed by atoms with E-state index in [1.165, 1.54) is 16.6 Å². The second-order valence-electron chi connectivity index (χ2n) is 3.39. The van der Waals surface area contributed by atoms with E-state index in [9.17, 15) is 9.59 Å². The fourth-order valence-corrected chi connectivity index (χ4v) is 1.64. The van der Waals surface area contributed by atoms with Crippen LogP contribution in [0, 0.1) is 0 Å².